The molecule has 1 aliphatic carbocycles. The van der Waals surface area contributed by atoms with E-state index in [-0.39, 0.29) is 16.7 Å². The molecule has 0 heterocycles. The van der Waals surface area contributed by atoms with Gasteiger partial charge in [0.05, 0.1) is 5.41 Å². The van der Waals surface area contributed by atoms with Crippen molar-refractivity contribution in [2.75, 3.05) is 20.1 Å². The molecule has 3 nitrogen and oxygen atoms in total. The van der Waals surface area contributed by atoms with Crippen LogP contribution in [0.2, 0.25) is 0 Å². The highest BCUT2D eigenvalue weighted by Crippen LogP contribution is 2.49. The van der Waals surface area contributed by atoms with E-state index in [2.05, 4.69) is 26.0 Å². The van der Waals surface area contributed by atoms with Gasteiger partial charge in [0.2, 0.25) is 5.91 Å². The molecule has 3 heteroatoms. The molecule has 1 aromatic carbocycles. The lowest BCUT2D eigenvalue weighted by Crippen LogP contribution is -2.44. The normalized spacial score (nSPS) is 17.1. The maximum Gasteiger partial charge on any atom is 0.232 e. The summed E-state index contributed by atoms with van der Waals surface area (Å²) in [6.07, 6.45) is 1.92. The van der Waals surface area contributed by atoms with E-state index in [0.29, 0.717) is 13.1 Å². The Morgan fingerprint density at radius 1 is 1.32 bits per heavy atom. The van der Waals surface area contributed by atoms with Crippen LogP contribution in [0.1, 0.15) is 32.3 Å². The highest BCUT2D eigenvalue weighted by molar-refractivity contribution is 5.91. The van der Waals surface area contributed by atoms with Crippen molar-refractivity contribution in [2.45, 2.75) is 32.1 Å². The van der Waals surface area contributed by atoms with E-state index >= 15 is 0 Å². The summed E-state index contributed by atoms with van der Waals surface area (Å²) in [5, 5.41) is 0. The van der Waals surface area contributed by atoms with Crippen LogP contribution in [0, 0.1) is 5.41 Å². The molecule has 1 aliphatic rings. The second-order valence-corrected chi connectivity index (χ2v) is 6.48. The van der Waals surface area contributed by atoms with Gasteiger partial charge in [0.25, 0.3) is 0 Å². The number of nitrogens with zero attached hydrogens (tertiary/aromatic N) is 1. The Morgan fingerprint density at radius 3 is 2.37 bits per heavy atom. The number of carbonyl (C=O) groups excluding carboxylic acids is 1. The average Bonchev–Trinajstić information content (AvgIpc) is 3.20. The predicted molar refractivity (Wildman–Crippen MR) is 77.8 cm³/mol. The first-order valence-corrected chi connectivity index (χ1v) is 6.92. The third kappa shape index (κ3) is 2.81. The van der Waals surface area contributed by atoms with Gasteiger partial charge in [-0.15, -0.1) is 0 Å². The lowest BCUT2D eigenvalue weighted by molar-refractivity contribution is -0.133. The summed E-state index contributed by atoms with van der Waals surface area (Å²) in [6.45, 7) is 5.48. The Morgan fingerprint density at radius 2 is 1.89 bits per heavy atom. The van der Waals surface area contributed by atoms with Crippen molar-refractivity contribution in [2.24, 2.45) is 11.1 Å². The topological polar surface area (TPSA) is 46.3 Å². The van der Waals surface area contributed by atoms with E-state index in [4.69, 9.17) is 5.73 Å². The van der Waals surface area contributed by atoms with Crippen LogP contribution in [0.5, 0.6) is 0 Å². The van der Waals surface area contributed by atoms with Gasteiger partial charge in [-0.1, -0.05) is 44.2 Å². The molecule has 1 amide bonds. The number of rotatable bonds is 5. The Balaban J connectivity index is 2.12. The molecule has 2 rings (SSSR count). The average molecular weight is 260 g/mol. The molecular weight excluding hydrogens is 236 g/mol. The van der Waals surface area contributed by atoms with E-state index in [1.807, 2.05) is 30.1 Å². The summed E-state index contributed by atoms with van der Waals surface area (Å²) in [7, 11) is 1.89. The summed E-state index contributed by atoms with van der Waals surface area (Å²) in [6, 6.07) is 10.1. The Kier molecular flexibility index (Phi) is 3.68. The summed E-state index contributed by atoms with van der Waals surface area (Å²) in [4.78, 5) is 14.6. The van der Waals surface area contributed by atoms with Crippen LogP contribution in [-0.4, -0.2) is 30.9 Å². The molecular formula is C16H24N2O. The Hall–Kier alpha value is -1.35. The molecule has 0 radical (unpaired) electrons. The van der Waals surface area contributed by atoms with E-state index in [1.165, 1.54) is 0 Å². The highest BCUT2D eigenvalue weighted by atomic mass is 16.2. The molecule has 0 atom stereocenters. The van der Waals surface area contributed by atoms with Crippen LogP contribution in [0.25, 0.3) is 0 Å². The first kappa shape index (κ1) is 14.1. The molecule has 1 saturated carbocycles. The zero-order chi connectivity index (χ0) is 14.1. The summed E-state index contributed by atoms with van der Waals surface area (Å²) < 4.78 is 0. The summed E-state index contributed by atoms with van der Waals surface area (Å²) in [5.41, 5.74) is 6.61. The van der Waals surface area contributed by atoms with Crippen LogP contribution in [0.4, 0.5) is 0 Å². The largest absolute Gasteiger partial charge is 0.344 e. The SMILES string of the molecule is CN(CC(C)(C)CN)C(=O)C1(c2ccccc2)CC1. The van der Waals surface area contributed by atoms with Crippen molar-refractivity contribution in [3.8, 4) is 0 Å². The number of hydrogen-bond donors (Lipinski definition) is 1. The quantitative estimate of drug-likeness (QED) is 0.882. The summed E-state index contributed by atoms with van der Waals surface area (Å²) >= 11 is 0. The van der Waals surface area contributed by atoms with Crippen molar-refractivity contribution in [1.82, 2.24) is 4.90 Å². The van der Waals surface area contributed by atoms with Gasteiger partial charge in [-0.3, -0.25) is 4.79 Å². The second-order valence-electron chi connectivity index (χ2n) is 6.48. The number of nitrogens with two attached hydrogens (primary N) is 1. The molecule has 1 fully saturated rings. The van der Waals surface area contributed by atoms with Crippen molar-refractivity contribution < 1.29 is 4.79 Å². The van der Waals surface area contributed by atoms with Gasteiger partial charge >= 0.3 is 0 Å². The fraction of sp³-hybridized carbons (Fsp3) is 0.562. The zero-order valence-electron chi connectivity index (χ0n) is 12.1. The fourth-order valence-corrected chi connectivity index (χ4v) is 2.65. The molecule has 0 saturated heterocycles. The molecule has 104 valence electrons. The van der Waals surface area contributed by atoms with E-state index in [0.717, 1.165) is 18.4 Å². The lowest BCUT2D eigenvalue weighted by atomic mass is 9.90. The molecule has 0 unspecified atom stereocenters. The molecule has 0 aromatic heterocycles. The molecule has 1 aromatic rings. The van der Waals surface area contributed by atoms with Crippen LogP contribution in [0.15, 0.2) is 30.3 Å². The summed E-state index contributed by atoms with van der Waals surface area (Å²) in [5.74, 6) is 0.236. The van der Waals surface area contributed by atoms with E-state index < -0.39 is 0 Å². The number of carbonyl (C=O) groups is 1. The number of benzene rings is 1. The van der Waals surface area contributed by atoms with Gasteiger partial charge in [-0.25, -0.2) is 0 Å². The van der Waals surface area contributed by atoms with Crippen LogP contribution in [0.3, 0.4) is 0 Å². The second kappa shape index (κ2) is 4.97. The number of likely N-dealkylation sites (N-methyl/N-ethyl adjacent to an activating group) is 1. The van der Waals surface area contributed by atoms with Crippen molar-refractivity contribution in [1.29, 1.82) is 0 Å². The molecule has 19 heavy (non-hydrogen) atoms. The lowest BCUT2D eigenvalue weighted by Gasteiger charge is -2.31. The van der Waals surface area contributed by atoms with Crippen molar-refractivity contribution >= 4 is 5.91 Å². The van der Waals surface area contributed by atoms with Gasteiger partial charge in [0.1, 0.15) is 0 Å². The van der Waals surface area contributed by atoms with Gasteiger partial charge < -0.3 is 10.6 Å². The monoisotopic (exact) mass is 260 g/mol. The smallest absolute Gasteiger partial charge is 0.232 e. The molecule has 2 N–H and O–H groups in total. The Bertz CT molecular complexity index is 449. The minimum atomic E-state index is -0.263. The van der Waals surface area contributed by atoms with Crippen LogP contribution >= 0.6 is 0 Å². The third-order valence-electron chi connectivity index (χ3n) is 4.05. The van der Waals surface area contributed by atoms with Gasteiger partial charge in [0, 0.05) is 13.6 Å². The maximum atomic E-state index is 12.7. The van der Waals surface area contributed by atoms with Gasteiger partial charge in [-0.2, -0.15) is 0 Å². The minimum absolute atomic E-state index is 0.0306. The molecule has 0 aliphatic heterocycles. The maximum absolute atomic E-state index is 12.7. The van der Waals surface area contributed by atoms with E-state index in [9.17, 15) is 4.79 Å². The van der Waals surface area contributed by atoms with Crippen LogP contribution in [-0.2, 0) is 10.2 Å². The van der Waals surface area contributed by atoms with Crippen molar-refractivity contribution in [3.63, 3.8) is 0 Å². The molecule has 0 spiro atoms. The molecule has 0 bridgehead atoms. The van der Waals surface area contributed by atoms with E-state index in [1.54, 1.807) is 0 Å². The fourth-order valence-electron chi connectivity index (χ4n) is 2.65. The standard InChI is InChI=1S/C16H24N2O/c1-15(2,11-17)12-18(3)14(19)16(9-10-16)13-7-5-4-6-8-13/h4-8H,9-12,17H2,1-3H3. The third-order valence-corrected chi connectivity index (χ3v) is 4.05. The highest BCUT2D eigenvalue weighted by Gasteiger charge is 2.52. The predicted octanol–water partition coefficient (Wildman–Crippen LogP) is 2.16. The number of amides is 1. The first-order chi connectivity index (χ1) is 8.91. The van der Waals surface area contributed by atoms with Crippen LogP contribution < -0.4 is 5.73 Å². The Labute approximate surface area is 115 Å². The van der Waals surface area contributed by atoms with Crippen molar-refractivity contribution in [3.05, 3.63) is 35.9 Å². The van der Waals surface area contributed by atoms with Gasteiger partial charge in [0.15, 0.2) is 0 Å². The number of hydrogen-bond acceptors (Lipinski definition) is 2. The first-order valence-electron chi connectivity index (χ1n) is 6.92. The zero-order valence-corrected chi connectivity index (χ0v) is 12.1. The minimum Gasteiger partial charge on any atom is -0.344 e. The van der Waals surface area contributed by atoms with Gasteiger partial charge in [-0.05, 0) is 30.4 Å².